The number of aliphatic hydroxyl groups is 1. The Kier molecular flexibility index (Phi) is 3.69. The maximum absolute atomic E-state index is 10.0. The van der Waals surface area contributed by atoms with Crippen LogP contribution in [0.3, 0.4) is 0 Å². The molecule has 94 valence electrons. The van der Waals surface area contributed by atoms with Crippen molar-refractivity contribution in [1.82, 2.24) is 4.90 Å². The largest absolute Gasteiger partial charge is 0.493 e. The van der Waals surface area contributed by atoms with Gasteiger partial charge in [-0.25, -0.2) is 0 Å². The van der Waals surface area contributed by atoms with Crippen LogP contribution in [0.15, 0.2) is 18.2 Å². The fourth-order valence-corrected chi connectivity index (χ4v) is 2.13. The normalized spacial score (nSPS) is 20.4. The zero-order chi connectivity index (χ0) is 12.4. The lowest BCUT2D eigenvalue weighted by atomic mass is 9.97. The van der Waals surface area contributed by atoms with Gasteiger partial charge in [0.2, 0.25) is 0 Å². The highest BCUT2D eigenvalue weighted by Crippen LogP contribution is 2.29. The van der Waals surface area contributed by atoms with E-state index in [1.165, 1.54) is 5.56 Å². The lowest BCUT2D eigenvalue weighted by Gasteiger charge is -2.29. The molecule has 0 amide bonds. The summed E-state index contributed by atoms with van der Waals surface area (Å²) < 4.78 is 5.68. The average Bonchev–Trinajstić information content (AvgIpc) is 2.26. The van der Waals surface area contributed by atoms with Crippen LogP contribution in [-0.2, 0) is 6.54 Å². The van der Waals surface area contributed by atoms with Gasteiger partial charge in [0.05, 0.1) is 12.7 Å². The van der Waals surface area contributed by atoms with Crippen molar-refractivity contribution in [1.29, 1.82) is 0 Å². The Balaban J connectivity index is 2.16. The van der Waals surface area contributed by atoms with Gasteiger partial charge in [0.1, 0.15) is 5.75 Å². The van der Waals surface area contributed by atoms with Gasteiger partial charge in [-0.3, -0.25) is 4.90 Å². The highest BCUT2D eigenvalue weighted by atomic mass is 16.5. The molecular formula is C14H21NO2. The Morgan fingerprint density at radius 1 is 1.47 bits per heavy atom. The zero-order valence-electron chi connectivity index (χ0n) is 10.8. The minimum absolute atomic E-state index is 0.397. The van der Waals surface area contributed by atoms with Crippen molar-refractivity contribution in [3.63, 3.8) is 0 Å². The summed E-state index contributed by atoms with van der Waals surface area (Å²) in [4.78, 5) is 2.13. The van der Waals surface area contributed by atoms with Gasteiger partial charge in [0.15, 0.2) is 0 Å². The fraction of sp³-hybridized carbons (Fsp3) is 0.571. The van der Waals surface area contributed by atoms with Crippen molar-refractivity contribution < 1.29 is 9.84 Å². The van der Waals surface area contributed by atoms with Crippen molar-refractivity contribution >= 4 is 0 Å². The molecule has 1 atom stereocenters. The van der Waals surface area contributed by atoms with Crippen LogP contribution in [0.25, 0.3) is 0 Å². The van der Waals surface area contributed by atoms with E-state index in [0.717, 1.165) is 24.5 Å². The topological polar surface area (TPSA) is 32.7 Å². The van der Waals surface area contributed by atoms with Crippen molar-refractivity contribution in [2.45, 2.75) is 26.5 Å². The molecule has 0 saturated carbocycles. The van der Waals surface area contributed by atoms with Crippen LogP contribution in [0, 0.1) is 5.92 Å². The van der Waals surface area contributed by atoms with E-state index in [0.29, 0.717) is 12.5 Å². The van der Waals surface area contributed by atoms with Gasteiger partial charge in [-0.2, -0.15) is 0 Å². The standard InChI is InChI=1S/C14H21NO2/c1-10(2)9-17-12-5-4-11-7-15(3)8-14(16)13(11)6-12/h4-6,10,14,16H,7-9H2,1-3H3. The SMILES string of the molecule is CC(C)COc1ccc2c(c1)C(O)CN(C)C2. The maximum Gasteiger partial charge on any atom is 0.119 e. The average molecular weight is 235 g/mol. The van der Waals surface area contributed by atoms with E-state index in [2.05, 4.69) is 24.8 Å². The molecule has 1 aliphatic rings. The van der Waals surface area contributed by atoms with E-state index in [1.54, 1.807) is 0 Å². The number of β-amino-alcohol motifs (C(OH)–C–C–N with tert-alkyl or cyclic N) is 1. The molecule has 0 spiro atoms. The molecule has 0 fully saturated rings. The molecule has 3 heteroatoms. The minimum Gasteiger partial charge on any atom is -0.493 e. The summed E-state index contributed by atoms with van der Waals surface area (Å²) in [5.41, 5.74) is 2.22. The molecule has 1 aliphatic heterocycles. The molecule has 1 N–H and O–H groups in total. The van der Waals surface area contributed by atoms with E-state index in [4.69, 9.17) is 4.74 Å². The minimum atomic E-state index is -0.397. The van der Waals surface area contributed by atoms with E-state index in [-0.39, 0.29) is 0 Å². The molecule has 1 aromatic carbocycles. The zero-order valence-corrected chi connectivity index (χ0v) is 10.8. The van der Waals surface area contributed by atoms with Gasteiger partial charge in [-0.15, -0.1) is 0 Å². The number of hydrogen-bond donors (Lipinski definition) is 1. The number of likely N-dealkylation sites (N-methyl/N-ethyl adjacent to an activating group) is 1. The number of fused-ring (bicyclic) bond motifs is 1. The molecule has 0 radical (unpaired) electrons. The quantitative estimate of drug-likeness (QED) is 0.871. The van der Waals surface area contributed by atoms with E-state index in [1.807, 2.05) is 19.2 Å². The second-order valence-corrected chi connectivity index (χ2v) is 5.28. The predicted molar refractivity (Wildman–Crippen MR) is 68.1 cm³/mol. The van der Waals surface area contributed by atoms with Gasteiger partial charge in [-0.1, -0.05) is 19.9 Å². The summed E-state index contributed by atoms with van der Waals surface area (Å²) in [6.45, 7) is 6.57. The maximum atomic E-state index is 10.0. The number of benzene rings is 1. The number of nitrogens with zero attached hydrogens (tertiary/aromatic N) is 1. The molecule has 0 aliphatic carbocycles. The number of aliphatic hydroxyl groups excluding tert-OH is 1. The Labute approximate surface area is 103 Å². The molecule has 2 rings (SSSR count). The molecule has 17 heavy (non-hydrogen) atoms. The van der Waals surface area contributed by atoms with Crippen LogP contribution in [0.2, 0.25) is 0 Å². The second-order valence-electron chi connectivity index (χ2n) is 5.28. The third kappa shape index (κ3) is 2.99. The first-order valence-electron chi connectivity index (χ1n) is 6.18. The highest BCUT2D eigenvalue weighted by molar-refractivity contribution is 5.38. The van der Waals surface area contributed by atoms with Gasteiger partial charge >= 0.3 is 0 Å². The van der Waals surface area contributed by atoms with Crippen LogP contribution < -0.4 is 4.74 Å². The second kappa shape index (κ2) is 5.07. The summed E-state index contributed by atoms with van der Waals surface area (Å²) >= 11 is 0. The Hall–Kier alpha value is -1.06. The van der Waals surface area contributed by atoms with Crippen LogP contribution in [0.4, 0.5) is 0 Å². The first-order chi connectivity index (χ1) is 8.06. The summed E-state index contributed by atoms with van der Waals surface area (Å²) in [5, 5.41) is 10.0. The first kappa shape index (κ1) is 12.4. The van der Waals surface area contributed by atoms with E-state index in [9.17, 15) is 5.11 Å². The molecular weight excluding hydrogens is 214 g/mol. The van der Waals surface area contributed by atoms with E-state index >= 15 is 0 Å². The lowest BCUT2D eigenvalue weighted by molar-refractivity contribution is 0.107. The van der Waals surface area contributed by atoms with Gasteiger partial charge < -0.3 is 9.84 Å². The smallest absolute Gasteiger partial charge is 0.119 e. The molecule has 0 saturated heterocycles. The predicted octanol–water partition coefficient (Wildman–Crippen LogP) is 2.20. The van der Waals surface area contributed by atoms with Crippen molar-refractivity contribution in [3.8, 4) is 5.75 Å². The van der Waals surface area contributed by atoms with Crippen LogP contribution in [0.1, 0.15) is 31.1 Å². The van der Waals surface area contributed by atoms with Crippen LogP contribution in [0.5, 0.6) is 5.75 Å². The van der Waals surface area contributed by atoms with Crippen molar-refractivity contribution in [3.05, 3.63) is 29.3 Å². The Morgan fingerprint density at radius 3 is 2.94 bits per heavy atom. The highest BCUT2D eigenvalue weighted by Gasteiger charge is 2.21. The first-order valence-corrected chi connectivity index (χ1v) is 6.18. The van der Waals surface area contributed by atoms with Crippen LogP contribution >= 0.6 is 0 Å². The molecule has 3 nitrogen and oxygen atoms in total. The number of hydrogen-bond acceptors (Lipinski definition) is 3. The third-order valence-electron chi connectivity index (χ3n) is 2.98. The van der Waals surface area contributed by atoms with Crippen molar-refractivity contribution in [2.24, 2.45) is 5.92 Å². The summed E-state index contributed by atoms with van der Waals surface area (Å²) in [6.07, 6.45) is -0.397. The fourth-order valence-electron chi connectivity index (χ4n) is 2.13. The molecule has 0 aromatic heterocycles. The number of ether oxygens (including phenoxy) is 1. The Bertz CT molecular complexity index is 390. The van der Waals surface area contributed by atoms with Gasteiger partial charge in [-0.05, 0) is 36.2 Å². The molecule has 1 heterocycles. The third-order valence-corrected chi connectivity index (χ3v) is 2.98. The van der Waals surface area contributed by atoms with Crippen molar-refractivity contribution in [2.75, 3.05) is 20.2 Å². The van der Waals surface area contributed by atoms with Gasteiger partial charge in [0, 0.05) is 13.1 Å². The van der Waals surface area contributed by atoms with Crippen LogP contribution in [-0.4, -0.2) is 30.2 Å². The Morgan fingerprint density at radius 2 is 2.24 bits per heavy atom. The lowest BCUT2D eigenvalue weighted by Crippen LogP contribution is -2.30. The van der Waals surface area contributed by atoms with E-state index < -0.39 is 6.10 Å². The monoisotopic (exact) mass is 235 g/mol. The van der Waals surface area contributed by atoms with Gasteiger partial charge in [0.25, 0.3) is 0 Å². The summed E-state index contributed by atoms with van der Waals surface area (Å²) in [6, 6.07) is 6.03. The summed E-state index contributed by atoms with van der Waals surface area (Å²) in [7, 11) is 2.02. The summed E-state index contributed by atoms with van der Waals surface area (Å²) in [5.74, 6) is 1.38. The molecule has 0 bridgehead atoms. The molecule has 1 aromatic rings. The molecule has 1 unspecified atom stereocenters. The number of rotatable bonds is 3.